The number of rotatable bonds is 1. The maximum Gasteiger partial charge on any atom is 0.291 e. The van der Waals surface area contributed by atoms with Gasteiger partial charge in [0.2, 0.25) is 4.96 Å². The maximum atomic E-state index is 11.9. The number of hydrogen-bond donors (Lipinski definition) is 0. The second kappa shape index (κ2) is 4.05. The molecule has 0 amide bonds. The summed E-state index contributed by atoms with van der Waals surface area (Å²) in [5.41, 5.74) is 0.861. The van der Waals surface area contributed by atoms with Crippen LogP contribution in [0.2, 0.25) is 0 Å². The van der Waals surface area contributed by atoms with Gasteiger partial charge in [0.1, 0.15) is 6.33 Å². The monoisotopic (exact) mass is 307 g/mol. The van der Waals surface area contributed by atoms with Crippen LogP contribution in [0.1, 0.15) is 5.56 Å². The molecule has 0 aliphatic rings. The molecule has 0 aliphatic carbocycles. The van der Waals surface area contributed by atoms with Crippen molar-refractivity contribution >= 4 is 38.3 Å². The second-order valence-corrected chi connectivity index (χ2v) is 5.35. The molecule has 0 saturated heterocycles. The summed E-state index contributed by atoms with van der Waals surface area (Å²) in [6.07, 6.45) is 3.23. The molecule has 0 unspecified atom stereocenters. The Morgan fingerprint density at radius 2 is 2.06 bits per heavy atom. The van der Waals surface area contributed by atoms with Crippen LogP contribution in [-0.4, -0.2) is 14.6 Å². The highest BCUT2D eigenvalue weighted by Gasteiger charge is 2.04. The number of thiazole rings is 1. The van der Waals surface area contributed by atoms with Gasteiger partial charge in [-0.05, 0) is 23.8 Å². The average Bonchev–Trinajstić information content (AvgIpc) is 2.87. The Kier molecular flexibility index (Phi) is 2.53. The lowest BCUT2D eigenvalue weighted by Crippen LogP contribution is -2.23. The molecule has 0 radical (unpaired) electrons. The molecule has 0 fully saturated rings. The van der Waals surface area contributed by atoms with Gasteiger partial charge in [0.05, 0.1) is 4.53 Å². The summed E-state index contributed by atoms with van der Waals surface area (Å²) in [6, 6.07) is 7.76. The van der Waals surface area contributed by atoms with E-state index in [-0.39, 0.29) is 5.56 Å². The number of benzene rings is 1. The first-order chi connectivity index (χ1) is 8.24. The summed E-state index contributed by atoms with van der Waals surface area (Å²) in [7, 11) is 0. The molecule has 0 bridgehead atoms. The predicted octanol–water partition coefficient (Wildman–Crippen LogP) is 1.46. The minimum Gasteiger partial charge on any atom is -0.266 e. The van der Waals surface area contributed by atoms with Gasteiger partial charge in [-0.1, -0.05) is 39.4 Å². The Hall–Kier alpha value is -1.53. The van der Waals surface area contributed by atoms with E-state index in [1.807, 2.05) is 30.3 Å². The van der Waals surface area contributed by atoms with E-state index in [2.05, 4.69) is 26.0 Å². The maximum absolute atomic E-state index is 11.9. The van der Waals surface area contributed by atoms with Crippen LogP contribution in [-0.2, 0) is 0 Å². The highest BCUT2D eigenvalue weighted by atomic mass is 79.9. The molecular formula is C11H6BrN3OS. The average molecular weight is 308 g/mol. The van der Waals surface area contributed by atoms with Crippen molar-refractivity contribution in [1.82, 2.24) is 14.6 Å². The van der Waals surface area contributed by atoms with Crippen LogP contribution in [0, 0.1) is 0 Å². The third kappa shape index (κ3) is 1.89. The quantitative estimate of drug-likeness (QED) is 0.684. The van der Waals surface area contributed by atoms with Crippen molar-refractivity contribution in [3.05, 3.63) is 55.5 Å². The summed E-state index contributed by atoms with van der Waals surface area (Å²) >= 11 is 4.71. The van der Waals surface area contributed by atoms with E-state index in [9.17, 15) is 4.79 Å². The van der Waals surface area contributed by atoms with Crippen molar-refractivity contribution in [3.8, 4) is 0 Å². The summed E-state index contributed by atoms with van der Waals surface area (Å²) in [4.78, 5) is 16.5. The van der Waals surface area contributed by atoms with E-state index in [0.29, 0.717) is 9.49 Å². The molecule has 17 heavy (non-hydrogen) atoms. The molecule has 2 heterocycles. The normalized spacial score (nSPS) is 12.4. The van der Waals surface area contributed by atoms with Crippen LogP contribution in [0.5, 0.6) is 0 Å². The zero-order valence-corrected chi connectivity index (χ0v) is 10.9. The van der Waals surface area contributed by atoms with E-state index < -0.39 is 0 Å². The summed E-state index contributed by atoms with van der Waals surface area (Å²) in [5, 5.41) is 3.87. The first-order valence-corrected chi connectivity index (χ1v) is 6.45. The zero-order valence-electron chi connectivity index (χ0n) is 8.50. The van der Waals surface area contributed by atoms with Crippen molar-refractivity contribution in [2.24, 2.45) is 0 Å². The van der Waals surface area contributed by atoms with Crippen molar-refractivity contribution in [1.29, 1.82) is 0 Å². The van der Waals surface area contributed by atoms with Gasteiger partial charge in [-0.2, -0.15) is 9.61 Å². The van der Waals surface area contributed by atoms with Gasteiger partial charge in [0, 0.05) is 4.47 Å². The van der Waals surface area contributed by atoms with Gasteiger partial charge in [0.25, 0.3) is 5.56 Å². The van der Waals surface area contributed by atoms with Crippen LogP contribution in [0.25, 0.3) is 11.0 Å². The molecule has 2 aromatic heterocycles. The van der Waals surface area contributed by atoms with E-state index in [1.165, 1.54) is 22.2 Å². The topological polar surface area (TPSA) is 47.3 Å². The van der Waals surface area contributed by atoms with Crippen LogP contribution in [0.3, 0.4) is 0 Å². The molecule has 0 aliphatic heterocycles. The molecule has 84 valence electrons. The molecule has 3 rings (SSSR count). The fourth-order valence-corrected chi connectivity index (χ4v) is 2.63. The number of aromatic nitrogens is 3. The molecule has 4 nitrogen and oxygen atoms in total. The SMILES string of the molecule is O=c1/c(=C\c2ccc(Br)cc2)sc2ncnn12. The van der Waals surface area contributed by atoms with Crippen molar-refractivity contribution in [3.63, 3.8) is 0 Å². The largest absolute Gasteiger partial charge is 0.291 e. The van der Waals surface area contributed by atoms with Crippen LogP contribution in [0.15, 0.2) is 39.9 Å². The highest BCUT2D eigenvalue weighted by molar-refractivity contribution is 9.10. The summed E-state index contributed by atoms with van der Waals surface area (Å²) in [5.74, 6) is 0. The molecular weight excluding hydrogens is 302 g/mol. The summed E-state index contributed by atoms with van der Waals surface area (Å²) < 4.78 is 2.97. The number of hydrogen-bond acceptors (Lipinski definition) is 4. The molecule has 0 N–H and O–H groups in total. The molecule has 0 atom stereocenters. The minimum atomic E-state index is -0.120. The lowest BCUT2D eigenvalue weighted by atomic mass is 10.2. The molecule has 1 aromatic carbocycles. The van der Waals surface area contributed by atoms with Crippen molar-refractivity contribution in [2.45, 2.75) is 0 Å². The van der Waals surface area contributed by atoms with Gasteiger partial charge in [-0.25, -0.2) is 4.98 Å². The van der Waals surface area contributed by atoms with Gasteiger partial charge in [0.15, 0.2) is 0 Å². The van der Waals surface area contributed by atoms with Gasteiger partial charge >= 0.3 is 0 Å². The fourth-order valence-electron chi connectivity index (χ4n) is 1.49. The van der Waals surface area contributed by atoms with Crippen molar-refractivity contribution in [2.75, 3.05) is 0 Å². The van der Waals surface area contributed by atoms with Crippen LogP contribution in [0.4, 0.5) is 0 Å². The molecule has 6 heteroatoms. The number of nitrogens with zero attached hydrogens (tertiary/aromatic N) is 3. The summed E-state index contributed by atoms with van der Waals surface area (Å²) in [6.45, 7) is 0. The van der Waals surface area contributed by atoms with E-state index in [1.54, 1.807) is 0 Å². The van der Waals surface area contributed by atoms with E-state index in [0.717, 1.165) is 10.0 Å². The number of fused-ring (bicyclic) bond motifs is 1. The Morgan fingerprint density at radius 3 is 2.76 bits per heavy atom. The first-order valence-electron chi connectivity index (χ1n) is 4.84. The number of halogens is 1. The second-order valence-electron chi connectivity index (χ2n) is 3.42. The van der Waals surface area contributed by atoms with E-state index >= 15 is 0 Å². The Morgan fingerprint density at radius 1 is 1.29 bits per heavy atom. The molecule has 3 aromatic rings. The third-order valence-electron chi connectivity index (χ3n) is 2.29. The fraction of sp³-hybridized carbons (Fsp3) is 0. The smallest absolute Gasteiger partial charge is 0.266 e. The minimum absolute atomic E-state index is 0.120. The van der Waals surface area contributed by atoms with Crippen molar-refractivity contribution < 1.29 is 0 Å². The highest BCUT2D eigenvalue weighted by Crippen LogP contribution is 2.10. The Balaban J connectivity index is 2.20. The first kappa shape index (κ1) is 10.6. The van der Waals surface area contributed by atoms with Crippen LogP contribution < -0.4 is 10.1 Å². The molecule has 0 saturated carbocycles. The lowest BCUT2D eigenvalue weighted by Gasteiger charge is -1.91. The molecule has 0 spiro atoms. The van der Waals surface area contributed by atoms with Crippen LogP contribution >= 0.6 is 27.3 Å². The third-order valence-corrected chi connectivity index (χ3v) is 3.79. The van der Waals surface area contributed by atoms with Gasteiger partial charge in [-0.15, -0.1) is 0 Å². The Labute approximate surface area is 108 Å². The van der Waals surface area contributed by atoms with Gasteiger partial charge < -0.3 is 0 Å². The lowest BCUT2D eigenvalue weighted by molar-refractivity contribution is 0.932. The Bertz CT molecular complexity index is 775. The standard InChI is InChI=1S/C11H6BrN3OS/c12-8-3-1-7(2-4-8)5-9-10(16)15-11(17-9)13-6-14-15/h1-6H/b9-5+. The van der Waals surface area contributed by atoms with Gasteiger partial charge in [-0.3, -0.25) is 4.79 Å². The predicted molar refractivity (Wildman–Crippen MR) is 70.1 cm³/mol. The van der Waals surface area contributed by atoms with E-state index in [4.69, 9.17) is 0 Å². The zero-order chi connectivity index (χ0) is 11.8.